The van der Waals surface area contributed by atoms with Crippen LogP contribution in [0.1, 0.15) is 19.3 Å². The monoisotopic (exact) mass is 251 g/mol. The molecule has 0 aromatic carbocycles. The molecule has 1 aliphatic rings. The van der Waals surface area contributed by atoms with Gasteiger partial charge in [-0.15, -0.1) is 0 Å². The Kier molecular flexibility index (Phi) is 3.64. The highest BCUT2D eigenvalue weighted by Crippen LogP contribution is 2.23. The van der Waals surface area contributed by atoms with Crippen molar-refractivity contribution < 1.29 is 9.90 Å². The summed E-state index contributed by atoms with van der Waals surface area (Å²) in [5, 5.41) is 12.8. The lowest BCUT2D eigenvalue weighted by Gasteiger charge is -2.33. The zero-order valence-electron chi connectivity index (χ0n) is 10.4. The van der Waals surface area contributed by atoms with Gasteiger partial charge in [0.1, 0.15) is 0 Å². The predicted molar refractivity (Wildman–Crippen MR) is 66.7 cm³/mol. The van der Waals surface area contributed by atoms with E-state index in [0.29, 0.717) is 6.54 Å². The molecule has 18 heavy (non-hydrogen) atoms. The Morgan fingerprint density at radius 2 is 2.39 bits per heavy atom. The Balaban J connectivity index is 2.10. The molecule has 0 amide bonds. The van der Waals surface area contributed by atoms with Crippen LogP contribution in [-0.2, 0) is 11.8 Å². The zero-order valence-corrected chi connectivity index (χ0v) is 10.4. The summed E-state index contributed by atoms with van der Waals surface area (Å²) < 4.78 is 1.28. The molecular formula is C12H17N3O3. The minimum atomic E-state index is -0.760. The number of rotatable bonds is 3. The number of carboxylic acids is 1. The molecule has 1 aromatic heterocycles. The van der Waals surface area contributed by atoms with Crippen molar-refractivity contribution in [2.45, 2.75) is 19.3 Å². The topological polar surface area (TPSA) is 75.4 Å². The third kappa shape index (κ3) is 2.88. The van der Waals surface area contributed by atoms with E-state index in [-0.39, 0.29) is 17.9 Å². The van der Waals surface area contributed by atoms with Crippen LogP contribution in [0.3, 0.4) is 0 Å². The average Bonchev–Trinajstić information content (AvgIpc) is 2.32. The molecule has 0 bridgehead atoms. The minimum Gasteiger partial charge on any atom is -0.481 e. The van der Waals surface area contributed by atoms with E-state index < -0.39 is 5.97 Å². The van der Waals surface area contributed by atoms with Gasteiger partial charge in [0.05, 0.1) is 11.9 Å². The Hall–Kier alpha value is -1.85. The number of aromatic nitrogens is 2. The lowest BCUT2D eigenvalue weighted by atomic mass is 9.94. The SMILES string of the molecule is Cn1ncc(N2CCC[C@H](CC(=O)O)C2)cc1=O. The van der Waals surface area contributed by atoms with Gasteiger partial charge in [-0.05, 0) is 18.8 Å². The van der Waals surface area contributed by atoms with E-state index in [9.17, 15) is 9.59 Å². The van der Waals surface area contributed by atoms with Gasteiger partial charge in [0.15, 0.2) is 0 Å². The summed E-state index contributed by atoms with van der Waals surface area (Å²) in [6.45, 7) is 1.53. The molecular weight excluding hydrogens is 234 g/mol. The van der Waals surface area contributed by atoms with E-state index in [1.165, 1.54) is 4.68 Å². The maximum absolute atomic E-state index is 11.5. The van der Waals surface area contributed by atoms with Crippen LogP contribution in [0, 0.1) is 5.92 Å². The van der Waals surface area contributed by atoms with Crippen LogP contribution in [0.2, 0.25) is 0 Å². The maximum atomic E-state index is 11.5. The molecule has 6 nitrogen and oxygen atoms in total. The largest absolute Gasteiger partial charge is 0.481 e. The van der Waals surface area contributed by atoms with Crippen LogP contribution >= 0.6 is 0 Å². The summed E-state index contributed by atoms with van der Waals surface area (Å²) in [5.74, 6) is -0.607. The maximum Gasteiger partial charge on any atom is 0.303 e. The number of aliphatic carboxylic acids is 1. The Bertz CT molecular complexity index is 498. The number of carbonyl (C=O) groups is 1. The van der Waals surface area contributed by atoms with Gasteiger partial charge in [-0.2, -0.15) is 5.10 Å². The van der Waals surface area contributed by atoms with E-state index >= 15 is 0 Å². The number of carboxylic acid groups (broad SMARTS) is 1. The zero-order chi connectivity index (χ0) is 13.1. The summed E-state index contributed by atoms with van der Waals surface area (Å²) in [5.41, 5.74) is 0.640. The highest BCUT2D eigenvalue weighted by atomic mass is 16.4. The van der Waals surface area contributed by atoms with Crippen molar-refractivity contribution in [2.24, 2.45) is 13.0 Å². The Morgan fingerprint density at radius 3 is 3.06 bits per heavy atom. The van der Waals surface area contributed by atoms with Gasteiger partial charge in [-0.25, -0.2) is 4.68 Å². The van der Waals surface area contributed by atoms with Crippen molar-refractivity contribution in [1.29, 1.82) is 0 Å². The molecule has 0 aliphatic carbocycles. The van der Waals surface area contributed by atoms with Crippen molar-refractivity contribution in [3.8, 4) is 0 Å². The van der Waals surface area contributed by atoms with Crippen LogP contribution in [0.4, 0.5) is 5.69 Å². The summed E-state index contributed by atoms with van der Waals surface area (Å²) in [6.07, 6.45) is 3.73. The Morgan fingerprint density at radius 1 is 1.61 bits per heavy atom. The number of nitrogens with zero attached hydrogens (tertiary/aromatic N) is 3. The summed E-state index contributed by atoms with van der Waals surface area (Å²) in [7, 11) is 1.61. The number of hydrogen-bond acceptors (Lipinski definition) is 4. The molecule has 0 saturated carbocycles. The number of piperidine rings is 1. The van der Waals surface area contributed by atoms with Gasteiger partial charge in [-0.1, -0.05) is 0 Å². The molecule has 1 saturated heterocycles. The molecule has 1 fully saturated rings. The summed E-state index contributed by atoms with van der Waals surface area (Å²) in [6, 6.07) is 1.55. The number of hydrogen-bond donors (Lipinski definition) is 1. The molecule has 1 atom stereocenters. The summed E-state index contributed by atoms with van der Waals surface area (Å²) >= 11 is 0. The van der Waals surface area contributed by atoms with Gasteiger partial charge in [0, 0.05) is 32.6 Å². The van der Waals surface area contributed by atoms with E-state index in [0.717, 1.165) is 25.1 Å². The van der Waals surface area contributed by atoms with Gasteiger partial charge in [0.2, 0.25) is 0 Å². The average molecular weight is 251 g/mol. The molecule has 0 unspecified atom stereocenters. The first-order valence-corrected chi connectivity index (χ1v) is 6.06. The van der Waals surface area contributed by atoms with Gasteiger partial charge < -0.3 is 10.0 Å². The van der Waals surface area contributed by atoms with Crippen LogP contribution in [0.25, 0.3) is 0 Å². The fourth-order valence-corrected chi connectivity index (χ4v) is 2.35. The van der Waals surface area contributed by atoms with Gasteiger partial charge in [0.25, 0.3) is 5.56 Å². The second-order valence-corrected chi connectivity index (χ2v) is 4.73. The van der Waals surface area contributed by atoms with Crippen LogP contribution in [0.5, 0.6) is 0 Å². The predicted octanol–water partition coefficient (Wildman–Crippen LogP) is 0.471. The van der Waals surface area contributed by atoms with Gasteiger partial charge in [-0.3, -0.25) is 9.59 Å². The fraction of sp³-hybridized carbons (Fsp3) is 0.583. The summed E-state index contributed by atoms with van der Waals surface area (Å²) in [4.78, 5) is 24.3. The first-order valence-electron chi connectivity index (χ1n) is 6.06. The van der Waals surface area contributed by atoms with Crippen LogP contribution in [0.15, 0.2) is 17.1 Å². The third-order valence-electron chi connectivity index (χ3n) is 3.30. The standard InChI is InChI=1S/C12H17N3O3/c1-14-11(16)6-10(7-13-14)15-4-2-3-9(8-15)5-12(17)18/h6-7,9H,2-5,8H2,1H3,(H,17,18)/t9-/m1/s1. The highest BCUT2D eigenvalue weighted by molar-refractivity contribution is 5.67. The van der Waals surface area contributed by atoms with Crippen molar-refractivity contribution in [3.05, 3.63) is 22.6 Å². The smallest absolute Gasteiger partial charge is 0.303 e. The number of aryl methyl sites for hydroxylation is 1. The molecule has 2 heterocycles. The van der Waals surface area contributed by atoms with E-state index in [1.54, 1.807) is 19.3 Å². The molecule has 1 aliphatic heterocycles. The first kappa shape index (κ1) is 12.6. The van der Waals surface area contributed by atoms with Crippen molar-refractivity contribution in [3.63, 3.8) is 0 Å². The van der Waals surface area contributed by atoms with Crippen LogP contribution < -0.4 is 10.5 Å². The highest BCUT2D eigenvalue weighted by Gasteiger charge is 2.22. The van der Waals surface area contributed by atoms with Crippen molar-refractivity contribution in [1.82, 2.24) is 9.78 Å². The third-order valence-corrected chi connectivity index (χ3v) is 3.30. The molecule has 0 spiro atoms. The fourth-order valence-electron chi connectivity index (χ4n) is 2.35. The lowest BCUT2D eigenvalue weighted by molar-refractivity contribution is -0.138. The molecule has 0 radical (unpaired) electrons. The second-order valence-electron chi connectivity index (χ2n) is 4.73. The quantitative estimate of drug-likeness (QED) is 0.845. The first-order chi connectivity index (χ1) is 8.56. The minimum absolute atomic E-state index is 0.146. The van der Waals surface area contributed by atoms with Crippen molar-refractivity contribution in [2.75, 3.05) is 18.0 Å². The molecule has 2 rings (SSSR count). The lowest BCUT2D eigenvalue weighted by Crippen LogP contribution is -2.37. The number of anilines is 1. The molecule has 1 aromatic rings. The van der Waals surface area contributed by atoms with Crippen LogP contribution in [-0.4, -0.2) is 33.9 Å². The normalized spacial score (nSPS) is 19.8. The molecule has 1 N–H and O–H groups in total. The van der Waals surface area contributed by atoms with Crippen molar-refractivity contribution >= 4 is 11.7 Å². The Labute approximate surface area is 105 Å². The second kappa shape index (κ2) is 5.20. The van der Waals surface area contributed by atoms with E-state index in [2.05, 4.69) is 5.10 Å². The van der Waals surface area contributed by atoms with E-state index in [1.807, 2.05) is 4.90 Å². The van der Waals surface area contributed by atoms with Gasteiger partial charge >= 0.3 is 5.97 Å². The molecule has 98 valence electrons. The van der Waals surface area contributed by atoms with E-state index in [4.69, 9.17) is 5.11 Å². The molecule has 6 heteroatoms.